The molecule has 0 unspecified atom stereocenters. The van der Waals surface area contributed by atoms with E-state index in [1.165, 1.54) is 12.1 Å². The van der Waals surface area contributed by atoms with Crippen molar-refractivity contribution in [2.24, 2.45) is 4.99 Å². The summed E-state index contributed by atoms with van der Waals surface area (Å²) >= 11 is 0. The number of benzene rings is 2. The zero-order valence-electron chi connectivity index (χ0n) is 13.7. The molecular formula is C18H21ClN4O2. The lowest BCUT2D eigenvalue weighted by Gasteiger charge is -2.05. The molecule has 1 heterocycles. The lowest BCUT2D eigenvalue weighted by Crippen LogP contribution is -2.22. The summed E-state index contributed by atoms with van der Waals surface area (Å²) in [5.74, 6) is 0.0667. The van der Waals surface area contributed by atoms with E-state index < -0.39 is 0 Å². The predicted octanol–water partition coefficient (Wildman–Crippen LogP) is 2.58. The number of halogens is 1. The quantitative estimate of drug-likeness (QED) is 0.446. The van der Waals surface area contributed by atoms with Crippen LogP contribution in [0.4, 0.5) is 0 Å². The third-order valence-electron chi connectivity index (χ3n) is 3.72. The first kappa shape index (κ1) is 18.8. The lowest BCUT2D eigenvalue weighted by atomic mass is 10.2. The summed E-state index contributed by atoms with van der Waals surface area (Å²) < 4.78 is 2.13. The molecule has 6 nitrogen and oxygen atoms in total. The maximum absolute atomic E-state index is 9.65. The van der Waals surface area contributed by atoms with E-state index in [1.54, 1.807) is 12.3 Å². The first-order valence-electron chi connectivity index (χ1n) is 7.86. The maximum Gasteiger partial charge on any atom is 0.128 e. The van der Waals surface area contributed by atoms with Crippen LogP contribution >= 0.6 is 12.4 Å². The number of para-hydroxylation sites is 2. The first-order chi connectivity index (χ1) is 11.7. The number of phenols is 2. The van der Waals surface area contributed by atoms with Gasteiger partial charge in [0.05, 0.1) is 23.9 Å². The van der Waals surface area contributed by atoms with Crippen LogP contribution in [-0.2, 0) is 6.54 Å². The molecule has 0 saturated carbocycles. The zero-order chi connectivity index (χ0) is 16.8. The molecule has 0 spiro atoms. The number of fused-ring (bicyclic) bond motifs is 1. The van der Waals surface area contributed by atoms with Gasteiger partial charge >= 0.3 is 0 Å². The van der Waals surface area contributed by atoms with E-state index in [0.29, 0.717) is 12.1 Å². The monoisotopic (exact) mass is 360 g/mol. The molecule has 0 aliphatic rings. The predicted molar refractivity (Wildman–Crippen MR) is 102 cm³/mol. The smallest absolute Gasteiger partial charge is 0.128 e. The number of hydrogen-bond donors (Lipinski definition) is 3. The van der Waals surface area contributed by atoms with E-state index >= 15 is 0 Å². The minimum atomic E-state index is 0. The highest BCUT2D eigenvalue weighted by atomic mass is 35.5. The molecule has 1 aromatic heterocycles. The van der Waals surface area contributed by atoms with Crippen LogP contribution in [0.15, 0.2) is 53.8 Å². The zero-order valence-corrected chi connectivity index (χ0v) is 14.5. The van der Waals surface area contributed by atoms with Crippen LogP contribution < -0.4 is 5.32 Å². The van der Waals surface area contributed by atoms with Crippen molar-refractivity contribution in [1.82, 2.24) is 14.9 Å². The molecule has 0 radical (unpaired) electrons. The Labute approximate surface area is 152 Å². The Morgan fingerprint density at radius 2 is 1.96 bits per heavy atom. The number of imidazole rings is 1. The molecule has 0 saturated heterocycles. The Kier molecular flexibility index (Phi) is 6.80. The highest BCUT2D eigenvalue weighted by Gasteiger charge is 2.00. The van der Waals surface area contributed by atoms with Gasteiger partial charge in [-0.05, 0) is 24.3 Å². The summed E-state index contributed by atoms with van der Waals surface area (Å²) in [6.45, 7) is 3.05. The molecule has 0 atom stereocenters. The minimum Gasteiger partial charge on any atom is -0.508 e. The van der Waals surface area contributed by atoms with Crippen LogP contribution in [0.3, 0.4) is 0 Å². The van der Waals surface area contributed by atoms with Gasteiger partial charge < -0.3 is 20.1 Å². The van der Waals surface area contributed by atoms with Crippen LogP contribution in [0.5, 0.6) is 11.5 Å². The second kappa shape index (κ2) is 9.05. The molecule has 3 N–H and O–H groups in total. The van der Waals surface area contributed by atoms with Crippen molar-refractivity contribution in [2.45, 2.75) is 6.54 Å². The SMILES string of the molecule is Cl.Oc1ccc(C=NCCNCCn2cnc3ccccc32)c(O)c1. The van der Waals surface area contributed by atoms with Gasteiger partial charge in [0, 0.05) is 37.5 Å². The highest BCUT2D eigenvalue weighted by molar-refractivity contribution is 5.85. The second-order valence-electron chi connectivity index (χ2n) is 5.46. The third-order valence-corrected chi connectivity index (χ3v) is 3.72. The molecule has 2 aromatic carbocycles. The van der Waals surface area contributed by atoms with Crippen molar-refractivity contribution < 1.29 is 10.2 Å². The van der Waals surface area contributed by atoms with E-state index in [2.05, 4.69) is 25.9 Å². The fourth-order valence-corrected chi connectivity index (χ4v) is 2.46. The van der Waals surface area contributed by atoms with Gasteiger partial charge in [-0.15, -0.1) is 12.4 Å². The number of rotatable bonds is 7. The Morgan fingerprint density at radius 1 is 1.12 bits per heavy atom. The van der Waals surface area contributed by atoms with Crippen molar-refractivity contribution >= 4 is 29.7 Å². The van der Waals surface area contributed by atoms with Gasteiger partial charge in [-0.1, -0.05) is 12.1 Å². The number of aliphatic imine (C=N–C) groups is 1. The Hall–Kier alpha value is -2.57. The fourth-order valence-electron chi connectivity index (χ4n) is 2.46. The van der Waals surface area contributed by atoms with Crippen LogP contribution in [0.25, 0.3) is 11.0 Å². The van der Waals surface area contributed by atoms with Crippen molar-refractivity contribution in [3.8, 4) is 11.5 Å². The van der Waals surface area contributed by atoms with Gasteiger partial charge in [-0.3, -0.25) is 4.99 Å². The van der Waals surface area contributed by atoms with Crippen LogP contribution in [0.1, 0.15) is 5.56 Å². The average Bonchev–Trinajstić information content (AvgIpc) is 2.99. The van der Waals surface area contributed by atoms with Gasteiger partial charge in [0.15, 0.2) is 0 Å². The highest BCUT2D eigenvalue weighted by Crippen LogP contribution is 2.20. The topological polar surface area (TPSA) is 82.7 Å². The second-order valence-corrected chi connectivity index (χ2v) is 5.46. The number of phenolic OH excluding ortho intramolecular Hbond substituents is 2. The van der Waals surface area contributed by atoms with E-state index in [-0.39, 0.29) is 23.9 Å². The summed E-state index contributed by atoms with van der Waals surface area (Å²) in [6, 6.07) is 12.5. The van der Waals surface area contributed by atoms with Gasteiger partial charge in [-0.2, -0.15) is 0 Å². The van der Waals surface area contributed by atoms with Crippen molar-refractivity contribution in [3.05, 3.63) is 54.4 Å². The largest absolute Gasteiger partial charge is 0.508 e. The van der Waals surface area contributed by atoms with E-state index in [9.17, 15) is 10.2 Å². The van der Waals surface area contributed by atoms with Gasteiger partial charge in [-0.25, -0.2) is 4.98 Å². The molecule has 0 bridgehead atoms. The number of nitrogens with one attached hydrogen (secondary N) is 1. The fraction of sp³-hybridized carbons (Fsp3) is 0.222. The molecule has 7 heteroatoms. The standard InChI is InChI=1S/C18H20N4O2.ClH/c23-15-6-5-14(18(24)11-15)12-20-8-7-19-9-10-22-13-21-16-3-1-2-4-17(16)22;/h1-6,11-13,19,23-24H,7-10H2;1H. The molecule has 0 aliphatic heterocycles. The number of hydrogen-bond acceptors (Lipinski definition) is 5. The summed E-state index contributed by atoms with van der Waals surface area (Å²) in [5, 5.41) is 22.2. The van der Waals surface area contributed by atoms with E-state index in [1.807, 2.05) is 24.5 Å². The number of nitrogens with zero attached hydrogens (tertiary/aromatic N) is 3. The van der Waals surface area contributed by atoms with Gasteiger partial charge in [0.1, 0.15) is 11.5 Å². The van der Waals surface area contributed by atoms with Gasteiger partial charge in [0.25, 0.3) is 0 Å². The van der Waals surface area contributed by atoms with Crippen LogP contribution in [-0.4, -0.2) is 45.6 Å². The van der Waals surface area contributed by atoms with Crippen LogP contribution in [0.2, 0.25) is 0 Å². The molecule has 3 aromatic rings. The summed E-state index contributed by atoms with van der Waals surface area (Å²) in [4.78, 5) is 8.63. The molecule has 0 fully saturated rings. The Bertz CT molecular complexity index is 848. The maximum atomic E-state index is 9.65. The summed E-state index contributed by atoms with van der Waals surface area (Å²) in [7, 11) is 0. The third kappa shape index (κ3) is 4.95. The lowest BCUT2D eigenvalue weighted by molar-refractivity contribution is 0.450. The normalized spacial score (nSPS) is 11.0. The molecule has 132 valence electrons. The summed E-state index contributed by atoms with van der Waals surface area (Å²) in [5.41, 5.74) is 2.74. The average molecular weight is 361 g/mol. The van der Waals surface area contributed by atoms with Crippen LogP contribution in [0, 0.1) is 0 Å². The molecule has 0 aliphatic carbocycles. The van der Waals surface area contributed by atoms with Crippen molar-refractivity contribution in [2.75, 3.05) is 19.6 Å². The van der Waals surface area contributed by atoms with E-state index in [0.717, 1.165) is 30.7 Å². The van der Waals surface area contributed by atoms with Crippen molar-refractivity contribution in [1.29, 1.82) is 0 Å². The molecule has 3 rings (SSSR count). The molecule has 0 amide bonds. The van der Waals surface area contributed by atoms with E-state index in [4.69, 9.17) is 0 Å². The summed E-state index contributed by atoms with van der Waals surface area (Å²) in [6.07, 6.45) is 3.47. The Balaban J connectivity index is 0.00000225. The number of aromatic hydroxyl groups is 2. The van der Waals surface area contributed by atoms with Crippen molar-refractivity contribution in [3.63, 3.8) is 0 Å². The minimum absolute atomic E-state index is 0. The first-order valence-corrected chi connectivity index (χ1v) is 7.86. The Morgan fingerprint density at radius 3 is 2.80 bits per heavy atom. The molecule has 25 heavy (non-hydrogen) atoms. The number of aromatic nitrogens is 2. The van der Waals surface area contributed by atoms with Gasteiger partial charge in [0.2, 0.25) is 0 Å². The molecular weight excluding hydrogens is 340 g/mol.